The molecule has 2 N–H and O–H groups in total. The fourth-order valence-electron chi connectivity index (χ4n) is 3.13. The molecule has 28 heavy (non-hydrogen) atoms. The van der Waals surface area contributed by atoms with Crippen LogP contribution < -0.4 is 15.4 Å². The summed E-state index contributed by atoms with van der Waals surface area (Å²) in [5.41, 5.74) is 4.16. The van der Waals surface area contributed by atoms with Gasteiger partial charge in [-0.05, 0) is 62.3 Å². The third kappa shape index (κ3) is 5.44. The van der Waals surface area contributed by atoms with Crippen molar-refractivity contribution in [1.29, 1.82) is 0 Å². The van der Waals surface area contributed by atoms with Gasteiger partial charge in [0.1, 0.15) is 5.75 Å². The quantitative estimate of drug-likeness (QED) is 0.486. The van der Waals surface area contributed by atoms with Gasteiger partial charge in [-0.2, -0.15) is 0 Å². The van der Waals surface area contributed by atoms with Gasteiger partial charge in [-0.3, -0.25) is 0 Å². The maximum atomic E-state index is 5.26. The molecular weight excluding hydrogens is 350 g/mol. The van der Waals surface area contributed by atoms with Gasteiger partial charge in [0.05, 0.1) is 18.3 Å². The maximum absolute atomic E-state index is 5.26. The fourth-order valence-corrected chi connectivity index (χ4v) is 3.13. The first-order chi connectivity index (χ1) is 13.8. The van der Waals surface area contributed by atoms with Crippen LogP contribution in [0.2, 0.25) is 0 Å². The zero-order valence-corrected chi connectivity index (χ0v) is 16.7. The van der Waals surface area contributed by atoms with Gasteiger partial charge in [0.15, 0.2) is 0 Å². The molecule has 0 atom stereocenters. The van der Waals surface area contributed by atoms with Gasteiger partial charge in [-0.1, -0.05) is 18.2 Å². The van der Waals surface area contributed by atoms with Gasteiger partial charge in [0, 0.05) is 36.9 Å². The topological polar surface area (TPSA) is 55.4 Å². The second-order valence-corrected chi connectivity index (χ2v) is 6.68. The van der Waals surface area contributed by atoms with Crippen LogP contribution in [0.25, 0.3) is 22.2 Å². The van der Waals surface area contributed by atoms with Crippen molar-refractivity contribution >= 4 is 16.6 Å². The lowest BCUT2D eigenvalue weighted by Gasteiger charge is -2.13. The van der Waals surface area contributed by atoms with Crippen LogP contribution in [0.15, 0.2) is 54.6 Å². The van der Waals surface area contributed by atoms with Gasteiger partial charge in [-0.15, -0.1) is 0 Å². The monoisotopic (exact) mass is 379 g/mol. The number of anilines is 1. The molecule has 148 valence electrons. The molecule has 0 aliphatic heterocycles. The number of nitrogens with zero attached hydrogens (tertiary/aromatic N) is 1. The number of fused-ring (bicyclic) bond motifs is 1. The Hall–Kier alpha value is -2.63. The number of methoxy groups -OCH3 is 2. The van der Waals surface area contributed by atoms with Crippen LogP contribution >= 0.6 is 0 Å². The van der Waals surface area contributed by atoms with Crippen LogP contribution in [-0.2, 0) is 4.74 Å². The van der Waals surface area contributed by atoms with E-state index in [1.165, 1.54) is 0 Å². The molecular formula is C23H29N3O2. The zero-order chi connectivity index (χ0) is 19.6. The first-order valence-corrected chi connectivity index (χ1v) is 9.79. The molecule has 3 aromatic rings. The van der Waals surface area contributed by atoms with E-state index in [0.29, 0.717) is 0 Å². The Kier molecular flexibility index (Phi) is 7.64. The van der Waals surface area contributed by atoms with Gasteiger partial charge in [0.2, 0.25) is 0 Å². The number of aromatic nitrogens is 1. The summed E-state index contributed by atoms with van der Waals surface area (Å²) in [6.07, 6.45) is 2.10. The molecule has 1 heterocycles. The van der Waals surface area contributed by atoms with Crippen molar-refractivity contribution in [3.63, 3.8) is 0 Å². The van der Waals surface area contributed by atoms with Crippen LogP contribution in [0, 0.1) is 0 Å². The molecule has 0 saturated carbocycles. The number of para-hydroxylation sites is 1. The number of rotatable bonds is 11. The molecule has 1 aromatic heterocycles. The van der Waals surface area contributed by atoms with E-state index in [0.717, 1.165) is 72.7 Å². The van der Waals surface area contributed by atoms with Crippen molar-refractivity contribution in [2.24, 2.45) is 0 Å². The third-order valence-corrected chi connectivity index (χ3v) is 4.65. The highest BCUT2D eigenvalue weighted by Crippen LogP contribution is 2.29. The van der Waals surface area contributed by atoms with E-state index in [2.05, 4.69) is 34.9 Å². The Balaban J connectivity index is 1.68. The molecule has 0 radical (unpaired) electrons. The molecule has 0 unspecified atom stereocenters. The lowest BCUT2D eigenvalue weighted by atomic mass is 10.1. The Bertz CT molecular complexity index is 865. The lowest BCUT2D eigenvalue weighted by molar-refractivity contribution is 0.194. The Morgan fingerprint density at radius 1 is 0.893 bits per heavy atom. The van der Waals surface area contributed by atoms with Crippen molar-refractivity contribution in [1.82, 2.24) is 10.3 Å². The summed E-state index contributed by atoms with van der Waals surface area (Å²) in [7, 11) is 3.42. The van der Waals surface area contributed by atoms with Gasteiger partial charge in [-0.25, -0.2) is 4.98 Å². The number of nitrogens with one attached hydrogen (secondary N) is 2. The predicted octanol–water partition coefficient (Wildman–Crippen LogP) is 4.34. The van der Waals surface area contributed by atoms with Crippen molar-refractivity contribution in [3.8, 4) is 17.0 Å². The minimum Gasteiger partial charge on any atom is -0.497 e. The highest BCUT2D eigenvalue weighted by molar-refractivity contribution is 5.93. The SMILES string of the molecule is COCCCNCCCNc1cc(-c2ccc(OC)cc2)nc2ccccc12. The number of ether oxygens (including phenoxy) is 2. The summed E-state index contributed by atoms with van der Waals surface area (Å²) in [6, 6.07) is 18.4. The number of hydrogen-bond donors (Lipinski definition) is 2. The average molecular weight is 380 g/mol. The summed E-state index contributed by atoms with van der Waals surface area (Å²) < 4.78 is 10.3. The van der Waals surface area contributed by atoms with Crippen LogP contribution in [0.3, 0.4) is 0 Å². The van der Waals surface area contributed by atoms with Gasteiger partial charge >= 0.3 is 0 Å². The zero-order valence-electron chi connectivity index (χ0n) is 16.7. The molecule has 0 saturated heterocycles. The van der Waals surface area contributed by atoms with E-state index in [4.69, 9.17) is 14.5 Å². The van der Waals surface area contributed by atoms with Gasteiger partial charge < -0.3 is 20.1 Å². The first kappa shape index (κ1) is 20.1. The molecule has 2 aromatic carbocycles. The fraction of sp³-hybridized carbons (Fsp3) is 0.348. The molecule has 3 rings (SSSR count). The van der Waals surface area contributed by atoms with E-state index in [9.17, 15) is 0 Å². The van der Waals surface area contributed by atoms with Crippen LogP contribution in [0.4, 0.5) is 5.69 Å². The van der Waals surface area contributed by atoms with Crippen molar-refractivity contribution in [2.45, 2.75) is 12.8 Å². The molecule has 0 fully saturated rings. The number of pyridine rings is 1. The highest BCUT2D eigenvalue weighted by atomic mass is 16.5. The van der Waals surface area contributed by atoms with Crippen molar-refractivity contribution in [3.05, 3.63) is 54.6 Å². The summed E-state index contributed by atoms with van der Waals surface area (Å²) in [4.78, 5) is 4.84. The molecule has 5 nitrogen and oxygen atoms in total. The van der Waals surface area contributed by atoms with Crippen molar-refractivity contribution < 1.29 is 9.47 Å². The highest BCUT2D eigenvalue weighted by Gasteiger charge is 2.07. The second-order valence-electron chi connectivity index (χ2n) is 6.68. The minimum atomic E-state index is 0.808. The first-order valence-electron chi connectivity index (χ1n) is 9.79. The number of benzene rings is 2. The standard InChI is InChI=1S/C23H29N3O2/c1-27-16-6-14-24-13-5-15-25-23-17-22(18-9-11-19(28-2)12-10-18)26-21-8-4-3-7-20(21)23/h3-4,7-12,17,24H,5-6,13-16H2,1-2H3,(H,25,26). The molecule has 0 bridgehead atoms. The third-order valence-electron chi connectivity index (χ3n) is 4.65. The van der Waals surface area contributed by atoms with Crippen molar-refractivity contribution in [2.75, 3.05) is 45.8 Å². The van der Waals surface area contributed by atoms with Crippen LogP contribution in [-0.4, -0.2) is 45.4 Å². The minimum absolute atomic E-state index is 0.808. The molecule has 0 amide bonds. The predicted molar refractivity (Wildman–Crippen MR) is 116 cm³/mol. The van der Waals surface area contributed by atoms with E-state index in [1.807, 2.05) is 30.3 Å². The average Bonchev–Trinajstić information content (AvgIpc) is 2.75. The summed E-state index contributed by atoms with van der Waals surface area (Å²) >= 11 is 0. The summed E-state index contributed by atoms with van der Waals surface area (Å²) in [6.45, 7) is 3.70. The normalized spacial score (nSPS) is 10.9. The second kappa shape index (κ2) is 10.6. The van der Waals surface area contributed by atoms with E-state index < -0.39 is 0 Å². The molecule has 5 heteroatoms. The van der Waals surface area contributed by atoms with Crippen LogP contribution in [0.5, 0.6) is 5.75 Å². The molecule has 0 aliphatic carbocycles. The lowest BCUT2D eigenvalue weighted by Crippen LogP contribution is -2.20. The van der Waals surface area contributed by atoms with Gasteiger partial charge in [0.25, 0.3) is 0 Å². The summed E-state index contributed by atoms with van der Waals surface area (Å²) in [5, 5.41) is 8.19. The van der Waals surface area contributed by atoms with E-state index >= 15 is 0 Å². The Morgan fingerprint density at radius 3 is 2.46 bits per heavy atom. The smallest absolute Gasteiger partial charge is 0.118 e. The molecule has 0 aliphatic rings. The molecule has 0 spiro atoms. The van der Waals surface area contributed by atoms with E-state index in [1.54, 1.807) is 14.2 Å². The summed E-state index contributed by atoms with van der Waals surface area (Å²) in [5.74, 6) is 0.848. The van der Waals surface area contributed by atoms with E-state index in [-0.39, 0.29) is 0 Å². The maximum Gasteiger partial charge on any atom is 0.118 e. The largest absolute Gasteiger partial charge is 0.497 e. The Morgan fingerprint density at radius 2 is 1.68 bits per heavy atom. The van der Waals surface area contributed by atoms with Crippen LogP contribution in [0.1, 0.15) is 12.8 Å². The Labute approximate surface area is 167 Å². The number of hydrogen-bond acceptors (Lipinski definition) is 5.